The molecule has 0 unspecified atom stereocenters. The van der Waals surface area contributed by atoms with Crippen LogP contribution in [0, 0.1) is 11.3 Å². The normalized spacial score (nSPS) is 17.5. The van der Waals surface area contributed by atoms with Crippen LogP contribution in [0.25, 0.3) is 0 Å². The quantitative estimate of drug-likeness (QED) is 0.824. The van der Waals surface area contributed by atoms with E-state index in [1.807, 2.05) is 11.1 Å². The summed E-state index contributed by atoms with van der Waals surface area (Å²) < 4.78 is 1.74. The number of H-pyrrole nitrogens is 1. The third-order valence-corrected chi connectivity index (χ3v) is 4.15. The molecule has 126 valence electrons. The van der Waals surface area contributed by atoms with Crippen molar-refractivity contribution in [3.8, 4) is 6.07 Å². The highest BCUT2D eigenvalue weighted by Crippen LogP contribution is 2.29. The number of aromatic amines is 1. The van der Waals surface area contributed by atoms with Crippen LogP contribution >= 0.6 is 0 Å². The van der Waals surface area contributed by atoms with Crippen LogP contribution in [0.4, 0.5) is 10.6 Å². The van der Waals surface area contributed by atoms with Gasteiger partial charge in [0.15, 0.2) is 5.82 Å². The van der Waals surface area contributed by atoms with Crippen LogP contribution in [0.2, 0.25) is 0 Å². The first-order chi connectivity index (χ1) is 11.8. The van der Waals surface area contributed by atoms with E-state index in [1.54, 1.807) is 23.1 Å². The average Bonchev–Trinajstić information content (AvgIpc) is 3.27. The number of aromatic nitrogens is 4. The summed E-state index contributed by atoms with van der Waals surface area (Å²) in [7, 11) is 0. The second-order valence-electron chi connectivity index (χ2n) is 5.84. The zero-order valence-corrected chi connectivity index (χ0v) is 13.5. The number of unbranched alkanes of at least 4 members (excludes halogenated alkanes) is 1. The number of nitrogens with zero attached hydrogens (tertiary/aromatic N) is 5. The van der Waals surface area contributed by atoms with Crippen LogP contribution < -0.4 is 5.32 Å². The molecule has 1 aliphatic heterocycles. The molecule has 0 aliphatic carbocycles. The van der Waals surface area contributed by atoms with Gasteiger partial charge >= 0.3 is 6.03 Å². The number of carbonyl (C=O) groups excluding carboxylic acids is 1. The van der Waals surface area contributed by atoms with Crippen molar-refractivity contribution >= 4 is 11.8 Å². The van der Waals surface area contributed by atoms with Gasteiger partial charge in [-0.3, -0.25) is 10.00 Å². The van der Waals surface area contributed by atoms with Crippen molar-refractivity contribution in [1.29, 1.82) is 5.26 Å². The van der Waals surface area contributed by atoms with E-state index < -0.39 is 0 Å². The minimum absolute atomic E-state index is 0.0218. The first-order valence-electron chi connectivity index (χ1n) is 8.25. The number of amides is 2. The summed E-state index contributed by atoms with van der Waals surface area (Å²) in [5.74, 6) is 1.35. The summed E-state index contributed by atoms with van der Waals surface area (Å²) in [6.45, 7) is 1.38. The molecule has 0 saturated carbocycles. The number of carbonyl (C=O) groups is 1. The summed E-state index contributed by atoms with van der Waals surface area (Å²) in [5, 5.41) is 15.8. The fourth-order valence-corrected chi connectivity index (χ4v) is 2.97. The number of hydrogen-bond donors (Lipinski definition) is 2. The number of aryl methyl sites for hydroxylation is 1. The third kappa shape index (κ3) is 3.74. The van der Waals surface area contributed by atoms with Crippen molar-refractivity contribution < 1.29 is 4.79 Å². The fraction of sp³-hybridized carbons (Fsp3) is 0.500. The molecule has 24 heavy (non-hydrogen) atoms. The minimum atomic E-state index is -0.154. The predicted molar refractivity (Wildman–Crippen MR) is 88.0 cm³/mol. The number of anilines is 1. The Labute approximate surface area is 140 Å². The number of urea groups is 1. The molecule has 2 N–H and O–H groups in total. The van der Waals surface area contributed by atoms with Crippen LogP contribution in [0.3, 0.4) is 0 Å². The van der Waals surface area contributed by atoms with Gasteiger partial charge in [-0.1, -0.05) is 0 Å². The Hall–Kier alpha value is -2.82. The van der Waals surface area contributed by atoms with Gasteiger partial charge in [-0.25, -0.2) is 9.78 Å². The van der Waals surface area contributed by atoms with E-state index in [4.69, 9.17) is 5.26 Å². The number of nitrogens with one attached hydrogen (secondary N) is 2. The Morgan fingerprint density at radius 3 is 3.21 bits per heavy atom. The van der Waals surface area contributed by atoms with E-state index in [0.717, 1.165) is 31.5 Å². The van der Waals surface area contributed by atoms with Gasteiger partial charge in [-0.15, -0.1) is 0 Å². The molecular weight excluding hydrogens is 306 g/mol. The SMILES string of the molecule is N#CCCCn1ccc(NC(=O)N2CCCC[C@@H]2c2ncc[nH]2)n1. The molecule has 3 rings (SSSR count). The Morgan fingerprint density at radius 2 is 2.42 bits per heavy atom. The molecule has 0 aromatic carbocycles. The van der Waals surface area contributed by atoms with Crippen LogP contribution in [-0.2, 0) is 6.54 Å². The summed E-state index contributed by atoms with van der Waals surface area (Å²) in [4.78, 5) is 21.9. The van der Waals surface area contributed by atoms with E-state index in [9.17, 15) is 4.79 Å². The molecule has 2 amide bonds. The van der Waals surface area contributed by atoms with Gasteiger partial charge < -0.3 is 9.88 Å². The van der Waals surface area contributed by atoms with Gasteiger partial charge in [0.2, 0.25) is 0 Å². The van der Waals surface area contributed by atoms with E-state index >= 15 is 0 Å². The van der Waals surface area contributed by atoms with E-state index in [-0.39, 0.29) is 12.1 Å². The first-order valence-corrected chi connectivity index (χ1v) is 8.25. The minimum Gasteiger partial charge on any atom is -0.347 e. The molecule has 2 aromatic heterocycles. The molecule has 0 radical (unpaired) electrons. The highest BCUT2D eigenvalue weighted by molar-refractivity contribution is 5.88. The van der Waals surface area contributed by atoms with Crippen molar-refractivity contribution in [3.05, 3.63) is 30.5 Å². The van der Waals surface area contributed by atoms with Crippen LogP contribution in [0.1, 0.15) is 44.0 Å². The van der Waals surface area contributed by atoms with Crippen LogP contribution in [0.5, 0.6) is 0 Å². The topological polar surface area (TPSA) is 103 Å². The van der Waals surface area contributed by atoms with Gasteiger partial charge in [0.05, 0.1) is 12.1 Å². The van der Waals surface area contributed by atoms with Crippen molar-refractivity contribution in [2.24, 2.45) is 0 Å². The Bertz CT molecular complexity index is 700. The van der Waals surface area contributed by atoms with E-state index in [0.29, 0.717) is 25.3 Å². The van der Waals surface area contributed by atoms with Gasteiger partial charge in [-0.05, 0) is 25.7 Å². The van der Waals surface area contributed by atoms with Gasteiger partial charge in [0.25, 0.3) is 0 Å². The lowest BCUT2D eigenvalue weighted by Gasteiger charge is -2.34. The molecule has 0 bridgehead atoms. The summed E-state index contributed by atoms with van der Waals surface area (Å²) in [6, 6.07) is 3.71. The molecule has 8 heteroatoms. The van der Waals surface area contributed by atoms with Crippen LogP contribution in [0.15, 0.2) is 24.7 Å². The summed E-state index contributed by atoms with van der Waals surface area (Å²) in [5.41, 5.74) is 0. The molecular formula is C16H21N7O. The number of hydrogen-bond acceptors (Lipinski definition) is 4. The predicted octanol–water partition coefficient (Wildman–Crippen LogP) is 2.67. The lowest BCUT2D eigenvalue weighted by Crippen LogP contribution is -2.41. The van der Waals surface area contributed by atoms with Gasteiger partial charge in [-0.2, -0.15) is 10.4 Å². The van der Waals surface area contributed by atoms with Gasteiger partial charge in [0, 0.05) is 44.2 Å². The maximum Gasteiger partial charge on any atom is 0.323 e. The smallest absolute Gasteiger partial charge is 0.323 e. The molecule has 1 saturated heterocycles. The molecule has 2 aromatic rings. The fourth-order valence-electron chi connectivity index (χ4n) is 2.97. The largest absolute Gasteiger partial charge is 0.347 e. The lowest BCUT2D eigenvalue weighted by molar-refractivity contribution is 0.159. The number of rotatable bonds is 5. The summed E-state index contributed by atoms with van der Waals surface area (Å²) >= 11 is 0. The molecule has 0 spiro atoms. The standard InChI is InChI=1S/C16H21N7O/c17-7-2-4-10-22-12-6-14(21-22)20-16(24)23-11-3-1-5-13(23)15-18-8-9-19-15/h6,8-9,12-13H,1-5,10-11H2,(H,18,19)(H,20,21,24)/t13-/m1/s1. The Morgan fingerprint density at radius 1 is 1.50 bits per heavy atom. The number of likely N-dealkylation sites (tertiary alicyclic amines) is 1. The maximum absolute atomic E-state index is 12.6. The van der Waals surface area contributed by atoms with E-state index in [2.05, 4.69) is 26.5 Å². The molecule has 3 heterocycles. The first kappa shape index (κ1) is 16.1. The highest BCUT2D eigenvalue weighted by atomic mass is 16.2. The number of nitriles is 1. The van der Waals surface area contributed by atoms with Crippen LogP contribution in [-0.4, -0.2) is 37.2 Å². The van der Waals surface area contributed by atoms with E-state index in [1.165, 1.54) is 0 Å². The average molecular weight is 327 g/mol. The van der Waals surface area contributed by atoms with Gasteiger partial charge in [0.1, 0.15) is 5.82 Å². The second-order valence-corrected chi connectivity index (χ2v) is 5.84. The second kappa shape index (κ2) is 7.64. The maximum atomic E-state index is 12.6. The Kier molecular flexibility index (Phi) is 5.11. The molecule has 1 atom stereocenters. The monoisotopic (exact) mass is 327 g/mol. The molecule has 1 fully saturated rings. The number of piperidine rings is 1. The lowest BCUT2D eigenvalue weighted by atomic mass is 10.0. The zero-order valence-electron chi connectivity index (χ0n) is 13.5. The zero-order chi connectivity index (χ0) is 16.8. The van der Waals surface area contributed by atoms with Crippen molar-refractivity contribution in [1.82, 2.24) is 24.6 Å². The highest BCUT2D eigenvalue weighted by Gasteiger charge is 2.29. The number of imidazole rings is 1. The molecule has 8 nitrogen and oxygen atoms in total. The molecule has 1 aliphatic rings. The third-order valence-electron chi connectivity index (χ3n) is 4.15. The van der Waals surface area contributed by atoms with Crippen molar-refractivity contribution in [2.45, 2.75) is 44.7 Å². The van der Waals surface area contributed by atoms with Crippen molar-refractivity contribution in [3.63, 3.8) is 0 Å². The summed E-state index contributed by atoms with van der Waals surface area (Å²) in [6.07, 6.45) is 9.54. The Balaban J connectivity index is 1.62. The van der Waals surface area contributed by atoms with Crippen molar-refractivity contribution in [2.75, 3.05) is 11.9 Å².